The summed E-state index contributed by atoms with van der Waals surface area (Å²) >= 11 is 0. The van der Waals surface area contributed by atoms with Crippen molar-refractivity contribution in [3.8, 4) is 23.7 Å². The van der Waals surface area contributed by atoms with E-state index in [0.29, 0.717) is 0 Å². The zero-order valence-electron chi connectivity index (χ0n) is 25.8. The molecular weight excluding hydrogens is 577 g/mol. The molecule has 39 heavy (non-hydrogen) atoms. The minimum atomic E-state index is -3.78. The van der Waals surface area contributed by atoms with Gasteiger partial charge in [-0.3, -0.25) is 8.37 Å². The molecule has 0 saturated carbocycles. The highest BCUT2D eigenvalue weighted by Crippen LogP contribution is 2.23. The van der Waals surface area contributed by atoms with E-state index >= 15 is 0 Å². The quantitative estimate of drug-likeness (QED) is 0.163. The molecule has 4 unspecified atom stereocenters. The maximum atomic E-state index is 11.8. The smallest absolute Gasteiger partial charge is 0.264 e. The van der Waals surface area contributed by atoms with Crippen LogP contribution in [0, 0.1) is 34.5 Å². The van der Waals surface area contributed by atoms with Gasteiger partial charge in [-0.1, -0.05) is 65.2 Å². The molecule has 9 nitrogen and oxygen atoms in total. The zero-order chi connectivity index (χ0) is 30.7. The van der Waals surface area contributed by atoms with Crippen molar-refractivity contribution in [2.45, 2.75) is 105 Å². The van der Waals surface area contributed by atoms with Crippen molar-refractivity contribution in [3.63, 3.8) is 0 Å². The molecule has 0 radical (unpaired) electrons. The first-order valence-corrected chi connectivity index (χ1v) is 22.3. The number of rotatable bonds is 14. The third-order valence-corrected chi connectivity index (χ3v) is 7.62. The molecule has 0 heterocycles. The summed E-state index contributed by atoms with van der Waals surface area (Å²) in [6.07, 6.45) is -0.278. The average molecular weight is 627 g/mol. The molecule has 0 aromatic carbocycles. The van der Waals surface area contributed by atoms with E-state index < -0.39 is 50.5 Å². The topological polar surface area (TPSA) is 114 Å². The van der Waals surface area contributed by atoms with Gasteiger partial charge in [0.15, 0.2) is 18.1 Å². The molecule has 0 amide bonds. The van der Waals surface area contributed by atoms with Gasteiger partial charge in [-0.2, -0.15) is 16.8 Å². The predicted molar refractivity (Wildman–Crippen MR) is 161 cm³/mol. The molecule has 0 aliphatic heterocycles. The molecule has 0 bridgehead atoms. The van der Waals surface area contributed by atoms with Crippen LogP contribution >= 0.6 is 0 Å². The molecule has 0 fully saturated rings. The van der Waals surface area contributed by atoms with Crippen molar-refractivity contribution in [1.29, 1.82) is 0 Å². The van der Waals surface area contributed by atoms with Gasteiger partial charge in [-0.15, -0.1) is 0 Å². The fourth-order valence-corrected chi connectivity index (χ4v) is 6.33. The SMILES string of the molecule is C[SiH](C)OC(C#CCC(COCC(CC#CC(O[SiH](C)C)C(C)(C)C)OS(C)(=O)=O)OS(C)(=O)=O)C(C)(C)C. The third kappa shape index (κ3) is 20.7. The van der Waals surface area contributed by atoms with Gasteiger partial charge < -0.3 is 13.6 Å². The van der Waals surface area contributed by atoms with Crippen molar-refractivity contribution >= 4 is 38.3 Å². The van der Waals surface area contributed by atoms with Crippen LogP contribution in [0.2, 0.25) is 26.2 Å². The minimum Gasteiger partial charge on any atom is -0.406 e. The van der Waals surface area contributed by atoms with Crippen LogP contribution in [0.25, 0.3) is 0 Å². The van der Waals surface area contributed by atoms with Gasteiger partial charge in [-0.05, 0) is 37.0 Å². The summed E-state index contributed by atoms with van der Waals surface area (Å²) in [6, 6.07) is 0. The molecule has 13 heteroatoms. The molecular formula is C26H50O9S2Si2. The summed E-state index contributed by atoms with van der Waals surface area (Å²) in [6.45, 7) is 20.2. The van der Waals surface area contributed by atoms with Gasteiger partial charge in [0, 0.05) is 12.8 Å². The maximum Gasteiger partial charge on any atom is 0.264 e. The van der Waals surface area contributed by atoms with Crippen molar-refractivity contribution in [2.24, 2.45) is 10.8 Å². The molecule has 0 N–H and O–H groups in total. The van der Waals surface area contributed by atoms with Gasteiger partial charge in [-0.25, -0.2) is 0 Å². The van der Waals surface area contributed by atoms with Crippen LogP contribution in [-0.4, -0.2) is 85.1 Å². The molecule has 0 aliphatic rings. The molecule has 0 rings (SSSR count). The summed E-state index contributed by atoms with van der Waals surface area (Å²) in [5, 5.41) is 0. The van der Waals surface area contributed by atoms with E-state index in [9.17, 15) is 16.8 Å². The maximum absolute atomic E-state index is 11.8. The van der Waals surface area contributed by atoms with Gasteiger partial charge in [0.1, 0.15) is 24.4 Å². The largest absolute Gasteiger partial charge is 0.406 e. The van der Waals surface area contributed by atoms with Crippen molar-refractivity contribution in [2.75, 3.05) is 25.7 Å². The average Bonchev–Trinajstić information content (AvgIpc) is 2.67. The lowest BCUT2D eigenvalue weighted by atomic mass is 9.89. The molecule has 0 saturated heterocycles. The lowest BCUT2D eigenvalue weighted by Gasteiger charge is -2.28. The van der Waals surface area contributed by atoms with E-state index in [1.165, 1.54) is 0 Å². The van der Waals surface area contributed by atoms with Crippen LogP contribution in [-0.2, 0) is 42.2 Å². The van der Waals surface area contributed by atoms with Crippen LogP contribution in [0.3, 0.4) is 0 Å². The summed E-state index contributed by atoms with van der Waals surface area (Å²) < 4.78 is 75.3. The summed E-state index contributed by atoms with van der Waals surface area (Å²) in [7, 11) is -10.3. The first kappa shape index (κ1) is 38.3. The molecule has 0 aliphatic carbocycles. The van der Waals surface area contributed by atoms with Gasteiger partial charge in [0.25, 0.3) is 20.2 Å². The van der Waals surface area contributed by atoms with Crippen LogP contribution in [0.15, 0.2) is 0 Å². The Labute approximate surface area is 241 Å². The third-order valence-electron chi connectivity index (χ3n) is 4.74. The Kier molecular flexibility index (Phi) is 16.3. The first-order valence-electron chi connectivity index (χ1n) is 13.1. The lowest BCUT2D eigenvalue weighted by molar-refractivity contribution is 0.0153. The monoisotopic (exact) mass is 626 g/mol. The number of hydrogen-bond donors (Lipinski definition) is 0. The summed E-state index contributed by atoms with van der Waals surface area (Å²) in [5.41, 5.74) is -0.417. The molecule has 0 aromatic heterocycles. The predicted octanol–water partition coefficient (Wildman–Crippen LogP) is 3.31. The Balaban J connectivity index is 5.54. The molecule has 0 aromatic rings. The number of ether oxygens (including phenoxy) is 1. The van der Waals surface area contributed by atoms with E-state index in [-0.39, 0.29) is 49.1 Å². The number of hydrogen-bond acceptors (Lipinski definition) is 9. The fourth-order valence-electron chi connectivity index (χ4n) is 3.05. The first-order chi connectivity index (χ1) is 17.5. The molecule has 0 spiro atoms. The summed E-state index contributed by atoms with van der Waals surface area (Å²) in [5.74, 6) is 12.2. The van der Waals surface area contributed by atoms with Gasteiger partial charge in [0.05, 0.1) is 25.7 Å². The van der Waals surface area contributed by atoms with Crippen molar-refractivity contribution in [3.05, 3.63) is 0 Å². The van der Waals surface area contributed by atoms with Crippen LogP contribution < -0.4 is 0 Å². The van der Waals surface area contributed by atoms with Crippen LogP contribution in [0.1, 0.15) is 54.4 Å². The van der Waals surface area contributed by atoms with E-state index in [1.807, 2.05) is 41.5 Å². The highest BCUT2D eigenvalue weighted by Gasteiger charge is 2.26. The Hall–Kier alpha value is -0.746. The second-order valence-corrected chi connectivity index (χ2v) is 20.2. The normalized spacial score (nSPS) is 16.2. The second-order valence-electron chi connectivity index (χ2n) is 12.3. The zero-order valence-corrected chi connectivity index (χ0v) is 29.7. The molecule has 228 valence electrons. The van der Waals surface area contributed by atoms with Gasteiger partial charge in [0.2, 0.25) is 0 Å². The van der Waals surface area contributed by atoms with E-state index in [4.69, 9.17) is 22.0 Å². The Morgan fingerprint density at radius 1 is 0.641 bits per heavy atom. The van der Waals surface area contributed by atoms with E-state index in [2.05, 4.69) is 49.9 Å². The summed E-state index contributed by atoms with van der Waals surface area (Å²) in [4.78, 5) is 0. The van der Waals surface area contributed by atoms with Crippen molar-refractivity contribution in [1.82, 2.24) is 0 Å². The van der Waals surface area contributed by atoms with E-state index in [0.717, 1.165) is 12.5 Å². The minimum absolute atomic E-state index is 0.0871. The fraction of sp³-hybridized carbons (Fsp3) is 0.846. The highest BCUT2D eigenvalue weighted by atomic mass is 32.2. The van der Waals surface area contributed by atoms with E-state index in [1.54, 1.807) is 0 Å². The van der Waals surface area contributed by atoms with Gasteiger partial charge >= 0.3 is 0 Å². The van der Waals surface area contributed by atoms with Crippen LogP contribution in [0.5, 0.6) is 0 Å². The Bertz CT molecular complexity index is 983. The van der Waals surface area contributed by atoms with Crippen LogP contribution in [0.4, 0.5) is 0 Å². The van der Waals surface area contributed by atoms with Crippen molar-refractivity contribution < 1.29 is 38.8 Å². The lowest BCUT2D eigenvalue weighted by Crippen LogP contribution is -2.32. The molecule has 4 atom stereocenters. The Morgan fingerprint density at radius 3 is 1.18 bits per heavy atom. The second kappa shape index (κ2) is 16.6. The highest BCUT2D eigenvalue weighted by molar-refractivity contribution is 7.86. The standard InChI is InChI=1S/C26H50O9S2Si2/c1-25(2,3)23(34-38(9)10)17-13-15-21(32-36(7,27)28)19-31-20-22(33-37(8,29)30)16-14-18-24(26(4,5)6)35-39(11)12/h21-24,38-39H,15-16,19-20H2,1-12H3. The Morgan fingerprint density at radius 2 is 0.949 bits per heavy atom.